The standard InChI is InChI=1S/C20H23N3O3/c1-22(11-12-26-16-8-4-3-5-9-16)20(25)17-13-18(24)23(2)19(17)15-7-6-10-21-14-15/h3-10,14,17,19H,11-13H2,1-2H3/t17-,19+/m0/s1. The average Bonchev–Trinajstić information content (AvgIpc) is 2.97. The summed E-state index contributed by atoms with van der Waals surface area (Å²) in [6, 6.07) is 13.0. The SMILES string of the molecule is CN(CCOc1ccccc1)C(=O)[C@H]1CC(=O)N(C)[C@@H]1c1cccnc1. The lowest BCUT2D eigenvalue weighted by Gasteiger charge is -2.27. The van der Waals surface area contributed by atoms with E-state index < -0.39 is 5.92 Å². The molecule has 136 valence electrons. The second-order valence-electron chi connectivity index (χ2n) is 6.47. The summed E-state index contributed by atoms with van der Waals surface area (Å²) >= 11 is 0. The summed E-state index contributed by atoms with van der Waals surface area (Å²) in [5.41, 5.74) is 0.883. The fourth-order valence-electron chi connectivity index (χ4n) is 3.31. The Bertz CT molecular complexity index is 751. The van der Waals surface area contributed by atoms with Gasteiger partial charge in [-0.15, -0.1) is 0 Å². The Morgan fingerprint density at radius 3 is 2.73 bits per heavy atom. The number of para-hydroxylation sites is 1. The van der Waals surface area contributed by atoms with Crippen molar-refractivity contribution in [3.8, 4) is 5.75 Å². The summed E-state index contributed by atoms with van der Waals surface area (Å²) in [6.45, 7) is 0.863. The summed E-state index contributed by atoms with van der Waals surface area (Å²) in [5.74, 6) is 0.301. The zero-order valence-corrected chi connectivity index (χ0v) is 15.0. The third-order valence-corrected chi connectivity index (χ3v) is 4.74. The number of amides is 2. The predicted octanol–water partition coefficient (Wildman–Crippen LogP) is 2.14. The van der Waals surface area contributed by atoms with E-state index in [1.54, 1.807) is 36.3 Å². The molecule has 26 heavy (non-hydrogen) atoms. The fraction of sp³-hybridized carbons (Fsp3) is 0.350. The molecule has 1 aromatic heterocycles. The number of pyridine rings is 1. The molecule has 2 aromatic rings. The topological polar surface area (TPSA) is 62.7 Å². The van der Waals surface area contributed by atoms with Crippen molar-refractivity contribution in [1.29, 1.82) is 0 Å². The fourth-order valence-corrected chi connectivity index (χ4v) is 3.31. The lowest BCUT2D eigenvalue weighted by Crippen LogP contribution is -2.38. The Balaban J connectivity index is 1.64. The second kappa shape index (κ2) is 7.99. The number of aromatic nitrogens is 1. The van der Waals surface area contributed by atoms with E-state index in [4.69, 9.17) is 4.74 Å². The van der Waals surface area contributed by atoms with Crippen LogP contribution in [0.15, 0.2) is 54.9 Å². The normalized spacial score (nSPS) is 19.5. The van der Waals surface area contributed by atoms with Gasteiger partial charge in [0.05, 0.1) is 18.5 Å². The van der Waals surface area contributed by atoms with Gasteiger partial charge in [0.25, 0.3) is 0 Å². The van der Waals surface area contributed by atoms with Crippen LogP contribution < -0.4 is 4.74 Å². The molecule has 1 aliphatic heterocycles. The van der Waals surface area contributed by atoms with E-state index in [-0.39, 0.29) is 24.3 Å². The monoisotopic (exact) mass is 353 g/mol. The van der Waals surface area contributed by atoms with Crippen molar-refractivity contribution in [2.24, 2.45) is 5.92 Å². The van der Waals surface area contributed by atoms with E-state index in [1.165, 1.54) is 0 Å². The number of carbonyl (C=O) groups is 2. The van der Waals surface area contributed by atoms with Gasteiger partial charge >= 0.3 is 0 Å². The van der Waals surface area contributed by atoms with Crippen molar-refractivity contribution in [2.75, 3.05) is 27.2 Å². The van der Waals surface area contributed by atoms with Crippen LogP contribution in [0.5, 0.6) is 5.75 Å². The molecule has 1 aliphatic rings. The van der Waals surface area contributed by atoms with Crippen LogP contribution in [0.25, 0.3) is 0 Å². The lowest BCUT2D eigenvalue weighted by molar-refractivity contribution is -0.135. The summed E-state index contributed by atoms with van der Waals surface area (Å²) in [5, 5.41) is 0. The quantitative estimate of drug-likeness (QED) is 0.798. The number of likely N-dealkylation sites (N-methyl/N-ethyl adjacent to an activating group) is 1. The Labute approximate surface area is 153 Å². The van der Waals surface area contributed by atoms with Crippen molar-refractivity contribution in [1.82, 2.24) is 14.8 Å². The van der Waals surface area contributed by atoms with E-state index in [2.05, 4.69) is 4.98 Å². The maximum atomic E-state index is 12.9. The Morgan fingerprint density at radius 2 is 2.04 bits per heavy atom. The highest BCUT2D eigenvalue weighted by Crippen LogP contribution is 2.37. The van der Waals surface area contributed by atoms with E-state index in [9.17, 15) is 9.59 Å². The van der Waals surface area contributed by atoms with Crippen molar-refractivity contribution in [3.05, 3.63) is 60.4 Å². The number of hydrogen-bond acceptors (Lipinski definition) is 4. The molecule has 2 heterocycles. The third kappa shape index (κ3) is 3.85. The highest BCUT2D eigenvalue weighted by Gasteiger charge is 2.43. The summed E-state index contributed by atoms with van der Waals surface area (Å²) in [7, 11) is 3.49. The Hall–Kier alpha value is -2.89. The molecule has 0 bridgehead atoms. The van der Waals surface area contributed by atoms with Crippen LogP contribution in [0.2, 0.25) is 0 Å². The van der Waals surface area contributed by atoms with Gasteiger partial charge in [-0.1, -0.05) is 24.3 Å². The van der Waals surface area contributed by atoms with Crippen LogP contribution in [-0.2, 0) is 9.59 Å². The molecule has 0 spiro atoms. The van der Waals surface area contributed by atoms with Crippen molar-refractivity contribution < 1.29 is 14.3 Å². The molecule has 0 N–H and O–H groups in total. The Morgan fingerprint density at radius 1 is 1.27 bits per heavy atom. The van der Waals surface area contributed by atoms with Gasteiger partial charge in [-0.3, -0.25) is 14.6 Å². The van der Waals surface area contributed by atoms with Gasteiger partial charge in [0.2, 0.25) is 11.8 Å². The molecule has 3 rings (SSSR count). The van der Waals surface area contributed by atoms with Crippen LogP contribution in [-0.4, -0.2) is 53.8 Å². The van der Waals surface area contributed by atoms with Gasteiger partial charge in [-0.05, 0) is 23.8 Å². The maximum absolute atomic E-state index is 12.9. The van der Waals surface area contributed by atoms with E-state index >= 15 is 0 Å². The van der Waals surface area contributed by atoms with Gasteiger partial charge in [0.15, 0.2) is 0 Å². The van der Waals surface area contributed by atoms with Crippen LogP contribution in [0, 0.1) is 5.92 Å². The first kappa shape index (κ1) is 17.9. The first-order valence-corrected chi connectivity index (χ1v) is 8.66. The summed E-state index contributed by atoms with van der Waals surface area (Å²) < 4.78 is 5.66. The van der Waals surface area contributed by atoms with Gasteiger partial charge in [0, 0.05) is 32.9 Å². The van der Waals surface area contributed by atoms with Gasteiger partial charge in [0.1, 0.15) is 12.4 Å². The molecular weight excluding hydrogens is 330 g/mol. The number of benzene rings is 1. The molecule has 0 radical (unpaired) electrons. The molecule has 0 aliphatic carbocycles. The number of carbonyl (C=O) groups excluding carboxylic acids is 2. The van der Waals surface area contributed by atoms with E-state index in [0.29, 0.717) is 13.2 Å². The number of nitrogens with zero attached hydrogens (tertiary/aromatic N) is 3. The van der Waals surface area contributed by atoms with Crippen LogP contribution in [0.3, 0.4) is 0 Å². The molecule has 6 heteroatoms. The third-order valence-electron chi connectivity index (χ3n) is 4.74. The average molecular weight is 353 g/mol. The van der Waals surface area contributed by atoms with Crippen LogP contribution in [0.4, 0.5) is 0 Å². The van der Waals surface area contributed by atoms with E-state index in [1.807, 2.05) is 42.5 Å². The van der Waals surface area contributed by atoms with E-state index in [0.717, 1.165) is 11.3 Å². The van der Waals surface area contributed by atoms with Crippen LogP contribution in [0.1, 0.15) is 18.0 Å². The zero-order valence-electron chi connectivity index (χ0n) is 15.0. The Kier molecular flexibility index (Phi) is 5.51. The minimum Gasteiger partial charge on any atom is -0.492 e. The minimum atomic E-state index is -0.404. The lowest BCUT2D eigenvalue weighted by atomic mass is 9.93. The minimum absolute atomic E-state index is 0.0221. The van der Waals surface area contributed by atoms with Crippen molar-refractivity contribution in [3.63, 3.8) is 0 Å². The molecule has 0 saturated carbocycles. The molecule has 2 atom stereocenters. The number of likely N-dealkylation sites (tertiary alicyclic amines) is 1. The van der Waals surface area contributed by atoms with Crippen LogP contribution >= 0.6 is 0 Å². The molecule has 1 fully saturated rings. The van der Waals surface area contributed by atoms with Crippen molar-refractivity contribution in [2.45, 2.75) is 12.5 Å². The first-order chi connectivity index (χ1) is 12.6. The molecule has 1 saturated heterocycles. The van der Waals surface area contributed by atoms with Gasteiger partial charge < -0.3 is 14.5 Å². The highest BCUT2D eigenvalue weighted by atomic mass is 16.5. The number of ether oxygens (including phenoxy) is 1. The largest absolute Gasteiger partial charge is 0.492 e. The predicted molar refractivity (Wildman–Crippen MR) is 97.4 cm³/mol. The number of rotatable bonds is 6. The van der Waals surface area contributed by atoms with Crippen molar-refractivity contribution >= 4 is 11.8 Å². The summed E-state index contributed by atoms with van der Waals surface area (Å²) in [6.07, 6.45) is 3.63. The summed E-state index contributed by atoms with van der Waals surface area (Å²) in [4.78, 5) is 32.6. The molecule has 6 nitrogen and oxygen atoms in total. The first-order valence-electron chi connectivity index (χ1n) is 8.66. The smallest absolute Gasteiger partial charge is 0.228 e. The van der Waals surface area contributed by atoms with Gasteiger partial charge in [-0.2, -0.15) is 0 Å². The molecular formula is C20H23N3O3. The molecule has 2 amide bonds. The highest BCUT2D eigenvalue weighted by molar-refractivity contribution is 5.90. The number of hydrogen-bond donors (Lipinski definition) is 0. The zero-order chi connectivity index (χ0) is 18.5. The maximum Gasteiger partial charge on any atom is 0.228 e. The second-order valence-corrected chi connectivity index (χ2v) is 6.47. The molecule has 0 unspecified atom stereocenters. The van der Waals surface area contributed by atoms with Gasteiger partial charge in [-0.25, -0.2) is 0 Å². The molecule has 1 aromatic carbocycles.